The highest BCUT2D eigenvalue weighted by atomic mass is 16.5. The molecule has 19 heavy (non-hydrogen) atoms. The SMILES string of the molecule is CCOC1CC(CC(=O)N2C[C@H](O)C[C@@H]2C(=O)O)C1. The Morgan fingerprint density at radius 3 is 2.58 bits per heavy atom. The molecule has 0 bridgehead atoms. The molecule has 2 aliphatic rings. The van der Waals surface area contributed by atoms with Gasteiger partial charge in [0.1, 0.15) is 6.04 Å². The third kappa shape index (κ3) is 3.25. The fourth-order valence-corrected chi connectivity index (χ4v) is 2.90. The van der Waals surface area contributed by atoms with Crippen LogP contribution in [0.2, 0.25) is 0 Å². The molecule has 6 heteroatoms. The van der Waals surface area contributed by atoms with Gasteiger partial charge in [0.2, 0.25) is 5.91 Å². The predicted molar refractivity (Wildman–Crippen MR) is 66.5 cm³/mol. The number of ether oxygens (including phenoxy) is 1. The van der Waals surface area contributed by atoms with Crippen molar-refractivity contribution in [2.45, 2.75) is 50.9 Å². The first-order valence-corrected chi connectivity index (χ1v) is 6.83. The van der Waals surface area contributed by atoms with Crippen molar-refractivity contribution in [2.75, 3.05) is 13.2 Å². The van der Waals surface area contributed by atoms with E-state index in [4.69, 9.17) is 9.84 Å². The average Bonchev–Trinajstić information content (AvgIpc) is 2.68. The monoisotopic (exact) mass is 271 g/mol. The Balaban J connectivity index is 1.81. The minimum atomic E-state index is -1.04. The Morgan fingerprint density at radius 2 is 2.00 bits per heavy atom. The molecule has 0 spiro atoms. The average molecular weight is 271 g/mol. The van der Waals surface area contributed by atoms with Crippen molar-refractivity contribution in [3.05, 3.63) is 0 Å². The van der Waals surface area contributed by atoms with Crippen molar-refractivity contribution in [3.63, 3.8) is 0 Å². The zero-order chi connectivity index (χ0) is 14.0. The van der Waals surface area contributed by atoms with Crippen molar-refractivity contribution in [1.29, 1.82) is 0 Å². The molecule has 108 valence electrons. The molecular formula is C13H21NO5. The maximum Gasteiger partial charge on any atom is 0.326 e. The van der Waals surface area contributed by atoms with E-state index in [0.29, 0.717) is 13.0 Å². The molecule has 0 radical (unpaired) electrons. The lowest BCUT2D eigenvalue weighted by molar-refractivity contribution is -0.149. The van der Waals surface area contributed by atoms with Gasteiger partial charge in [-0.25, -0.2) is 4.79 Å². The molecule has 1 saturated carbocycles. The van der Waals surface area contributed by atoms with Gasteiger partial charge in [0.05, 0.1) is 12.2 Å². The third-order valence-corrected chi connectivity index (χ3v) is 3.94. The lowest BCUT2D eigenvalue weighted by Gasteiger charge is -2.35. The van der Waals surface area contributed by atoms with Crippen LogP contribution in [0, 0.1) is 5.92 Å². The number of β-amino-alcohol motifs (C(OH)–C–C–N with tert-alkyl or cyclic N) is 1. The molecule has 0 aromatic carbocycles. The molecular weight excluding hydrogens is 250 g/mol. The van der Waals surface area contributed by atoms with E-state index in [-0.39, 0.29) is 30.9 Å². The maximum absolute atomic E-state index is 12.1. The normalized spacial score (nSPS) is 34.1. The highest BCUT2D eigenvalue weighted by Gasteiger charge is 2.40. The fraction of sp³-hybridized carbons (Fsp3) is 0.846. The summed E-state index contributed by atoms with van der Waals surface area (Å²) in [7, 11) is 0. The minimum absolute atomic E-state index is 0.132. The van der Waals surface area contributed by atoms with E-state index in [1.807, 2.05) is 6.92 Å². The van der Waals surface area contributed by atoms with Gasteiger partial charge < -0.3 is 19.8 Å². The van der Waals surface area contributed by atoms with E-state index >= 15 is 0 Å². The number of aliphatic carboxylic acids is 1. The van der Waals surface area contributed by atoms with Crippen molar-refractivity contribution in [2.24, 2.45) is 5.92 Å². The van der Waals surface area contributed by atoms with Gasteiger partial charge in [-0.15, -0.1) is 0 Å². The van der Waals surface area contributed by atoms with Crippen LogP contribution in [-0.4, -0.2) is 58.4 Å². The van der Waals surface area contributed by atoms with Gasteiger partial charge >= 0.3 is 5.97 Å². The lowest BCUT2D eigenvalue weighted by atomic mass is 9.79. The summed E-state index contributed by atoms with van der Waals surface area (Å²) in [5.41, 5.74) is 0. The van der Waals surface area contributed by atoms with E-state index in [1.165, 1.54) is 4.90 Å². The largest absolute Gasteiger partial charge is 0.480 e. The zero-order valence-electron chi connectivity index (χ0n) is 11.1. The number of aliphatic hydroxyl groups excluding tert-OH is 1. The van der Waals surface area contributed by atoms with E-state index in [9.17, 15) is 14.7 Å². The Labute approximate surface area is 112 Å². The molecule has 0 aromatic heterocycles. The summed E-state index contributed by atoms with van der Waals surface area (Å²) in [5.74, 6) is -0.911. The summed E-state index contributed by atoms with van der Waals surface area (Å²) in [6.07, 6.45) is 1.76. The topological polar surface area (TPSA) is 87.1 Å². The summed E-state index contributed by atoms with van der Waals surface area (Å²) >= 11 is 0. The summed E-state index contributed by atoms with van der Waals surface area (Å²) in [6, 6.07) is -0.870. The Kier molecular flexibility index (Phi) is 4.42. The quantitative estimate of drug-likeness (QED) is 0.748. The van der Waals surface area contributed by atoms with Crippen molar-refractivity contribution in [3.8, 4) is 0 Å². The number of likely N-dealkylation sites (tertiary alicyclic amines) is 1. The first-order valence-electron chi connectivity index (χ1n) is 6.83. The second-order valence-electron chi connectivity index (χ2n) is 5.41. The number of amides is 1. The molecule has 0 aromatic rings. The van der Waals surface area contributed by atoms with E-state index in [0.717, 1.165) is 12.8 Å². The second-order valence-corrected chi connectivity index (χ2v) is 5.41. The van der Waals surface area contributed by atoms with Gasteiger partial charge in [-0.05, 0) is 25.7 Å². The maximum atomic E-state index is 12.1. The van der Waals surface area contributed by atoms with Crippen LogP contribution in [-0.2, 0) is 14.3 Å². The van der Waals surface area contributed by atoms with Gasteiger partial charge in [0.25, 0.3) is 0 Å². The van der Waals surface area contributed by atoms with E-state index < -0.39 is 18.1 Å². The number of aliphatic hydroxyl groups is 1. The summed E-state index contributed by atoms with van der Waals surface area (Å²) in [4.78, 5) is 24.4. The standard InChI is InChI=1S/C13H21NO5/c1-2-19-10-3-8(4-10)5-12(16)14-7-9(15)6-11(14)13(17)18/h8-11,15H,2-7H2,1H3,(H,17,18)/t8?,9-,10?,11-/m1/s1. The number of carbonyl (C=O) groups is 2. The van der Waals surface area contributed by atoms with Crippen LogP contribution in [0.5, 0.6) is 0 Å². The number of carbonyl (C=O) groups excluding carboxylic acids is 1. The van der Waals surface area contributed by atoms with Crippen molar-refractivity contribution >= 4 is 11.9 Å². The smallest absolute Gasteiger partial charge is 0.326 e. The Morgan fingerprint density at radius 1 is 1.32 bits per heavy atom. The number of rotatable bonds is 5. The molecule has 0 unspecified atom stereocenters. The van der Waals surface area contributed by atoms with Gasteiger partial charge in [-0.2, -0.15) is 0 Å². The van der Waals surface area contributed by atoms with E-state index in [1.54, 1.807) is 0 Å². The van der Waals surface area contributed by atoms with Crippen LogP contribution < -0.4 is 0 Å². The van der Waals surface area contributed by atoms with Crippen molar-refractivity contribution in [1.82, 2.24) is 4.90 Å². The van der Waals surface area contributed by atoms with Gasteiger partial charge in [-0.3, -0.25) is 4.79 Å². The third-order valence-electron chi connectivity index (χ3n) is 3.94. The molecule has 2 rings (SSSR count). The molecule has 6 nitrogen and oxygen atoms in total. The zero-order valence-corrected chi connectivity index (χ0v) is 11.1. The molecule has 2 fully saturated rings. The predicted octanol–water partition coefficient (Wildman–Crippen LogP) is 0.238. The number of nitrogens with zero attached hydrogens (tertiary/aromatic N) is 1. The first-order chi connectivity index (χ1) is 9.01. The molecule has 2 N–H and O–H groups in total. The molecule has 1 aliphatic heterocycles. The highest BCUT2D eigenvalue weighted by Crippen LogP contribution is 2.34. The van der Waals surface area contributed by atoms with Gasteiger partial charge in [0, 0.05) is 26.0 Å². The highest BCUT2D eigenvalue weighted by molar-refractivity contribution is 5.84. The van der Waals surface area contributed by atoms with E-state index in [2.05, 4.69) is 0 Å². The first kappa shape index (κ1) is 14.3. The van der Waals surface area contributed by atoms with Gasteiger partial charge in [-0.1, -0.05) is 0 Å². The van der Waals surface area contributed by atoms with Crippen LogP contribution >= 0.6 is 0 Å². The number of hydrogen-bond donors (Lipinski definition) is 2. The molecule has 2 atom stereocenters. The Bertz CT molecular complexity index is 353. The molecule has 1 saturated heterocycles. The summed E-state index contributed by atoms with van der Waals surface area (Å²) in [5, 5.41) is 18.6. The summed E-state index contributed by atoms with van der Waals surface area (Å²) in [6.45, 7) is 2.77. The molecule has 1 heterocycles. The second kappa shape index (κ2) is 5.88. The Hall–Kier alpha value is -1.14. The fourth-order valence-electron chi connectivity index (χ4n) is 2.90. The van der Waals surface area contributed by atoms with Crippen LogP contribution in [0.25, 0.3) is 0 Å². The molecule has 1 amide bonds. The number of carboxylic acid groups (broad SMARTS) is 1. The lowest BCUT2D eigenvalue weighted by Crippen LogP contribution is -2.43. The van der Waals surface area contributed by atoms with Gasteiger partial charge in [0.15, 0.2) is 0 Å². The summed E-state index contributed by atoms with van der Waals surface area (Å²) < 4.78 is 5.43. The van der Waals surface area contributed by atoms with Crippen LogP contribution in [0.15, 0.2) is 0 Å². The van der Waals surface area contributed by atoms with Crippen LogP contribution in [0.1, 0.15) is 32.6 Å². The van der Waals surface area contributed by atoms with Crippen LogP contribution in [0.3, 0.4) is 0 Å². The van der Waals surface area contributed by atoms with Crippen LogP contribution in [0.4, 0.5) is 0 Å². The molecule has 1 aliphatic carbocycles. The number of hydrogen-bond acceptors (Lipinski definition) is 4. The van der Waals surface area contributed by atoms with Crippen molar-refractivity contribution < 1.29 is 24.5 Å². The number of carboxylic acids is 1. The minimum Gasteiger partial charge on any atom is -0.480 e.